The average Bonchev–Trinajstić information content (AvgIpc) is 2.77. The normalized spacial score (nSPS) is 15.1. The highest BCUT2D eigenvalue weighted by atomic mass is 19.1. The van der Waals surface area contributed by atoms with Crippen molar-refractivity contribution >= 4 is 17.5 Å². The first kappa shape index (κ1) is 24.4. The van der Waals surface area contributed by atoms with E-state index in [2.05, 4.69) is 5.32 Å². The Morgan fingerprint density at radius 1 is 1.15 bits per heavy atom. The molecule has 0 saturated carbocycles. The number of piperidine rings is 1. The zero-order valence-corrected chi connectivity index (χ0v) is 19.1. The maximum absolute atomic E-state index is 13.0. The van der Waals surface area contributed by atoms with Crippen molar-refractivity contribution in [1.82, 2.24) is 19.4 Å². The lowest BCUT2D eigenvalue weighted by Gasteiger charge is -2.32. The molecule has 1 saturated heterocycles. The van der Waals surface area contributed by atoms with E-state index >= 15 is 0 Å². The van der Waals surface area contributed by atoms with Crippen LogP contribution in [0.2, 0.25) is 0 Å². The molecule has 0 unspecified atom stereocenters. The van der Waals surface area contributed by atoms with Crippen molar-refractivity contribution in [3.8, 4) is 0 Å². The Kier molecular flexibility index (Phi) is 7.47. The number of carbonyl (C=O) groups is 2. The molecule has 1 aromatic carbocycles. The molecule has 0 atom stereocenters. The highest BCUT2D eigenvalue weighted by Gasteiger charge is 2.26. The molecule has 3 rings (SSSR count). The Hall–Kier alpha value is -3.27. The summed E-state index contributed by atoms with van der Waals surface area (Å²) < 4.78 is 15.2. The summed E-state index contributed by atoms with van der Waals surface area (Å²) >= 11 is 0. The van der Waals surface area contributed by atoms with Crippen LogP contribution < -0.4 is 22.3 Å². The Bertz CT molecular complexity index is 1150. The Morgan fingerprint density at radius 2 is 1.76 bits per heavy atom. The summed E-state index contributed by atoms with van der Waals surface area (Å²) in [6.45, 7) is 5.23. The van der Waals surface area contributed by atoms with Gasteiger partial charge in [-0.05, 0) is 43.0 Å². The van der Waals surface area contributed by atoms with Crippen LogP contribution in [-0.4, -0.2) is 51.4 Å². The molecule has 1 aliphatic heterocycles. The molecule has 2 heterocycles. The average molecular weight is 460 g/mol. The number of rotatable bonds is 7. The summed E-state index contributed by atoms with van der Waals surface area (Å²) in [6.07, 6.45) is 1.25. The quantitative estimate of drug-likeness (QED) is 0.597. The Labute approximate surface area is 191 Å². The van der Waals surface area contributed by atoms with E-state index in [0.717, 1.165) is 4.57 Å². The molecular weight excluding hydrogens is 429 g/mol. The minimum Gasteiger partial charge on any atom is -0.384 e. The first-order valence-electron chi connectivity index (χ1n) is 11.0. The van der Waals surface area contributed by atoms with Gasteiger partial charge in [-0.1, -0.05) is 13.8 Å². The number of benzene rings is 1. The first-order chi connectivity index (χ1) is 15.6. The van der Waals surface area contributed by atoms with Crippen LogP contribution in [0.3, 0.4) is 0 Å². The molecule has 2 aromatic rings. The molecule has 0 spiro atoms. The van der Waals surface area contributed by atoms with Gasteiger partial charge >= 0.3 is 5.69 Å². The van der Waals surface area contributed by atoms with E-state index in [0.29, 0.717) is 38.0 Å². The number of nitrogens with two attached hydrogens (primary N) is 1. The van der Waals surface area contributed by atoms with E-state index in [9.17, 15) is 23.6 Å². The van der Waals surface area contributed by atoms with Crippen LogP contribution in [-0.2, 0) is 13.6 Å². The second-order valence-electron chi connectivity index (χ2n) is 8.87. The number of hydrogen-bond donors (Lipinski definition) is 2. The minimum atomic E-state index is -0.691. The van der Waals surface area contributed by atoms with Crippen LogP contribution in [0.4, 0.5) is 10.2 Å². The van der Waals surface area contributed by atoms with Crippen LogP contribution in [0, 0.1) is 11.7 Å². The van der Waals surface area contributed by atoms with Gasteiger partial charge in [0.05, 0.1) is 6.54 Å². The van der Waals surface area contributed by atoms with Crippen molar-refractivity contribution in [2.45, 2.75) is 39.3 Å². The lowest BCUT2D eigenvalue weighted by atomic mass is 10.0. The Morgan fingerprint density at radius 3 is 2.33 bits per heavy atom. The number of ketones is 1. The number of hydrogen-bond acceptors (Lipinski definition) is 6. The predicted octanol–water partition coefficient (Wildman–Crippen LogP) is 1.00. The highest BCUT2D eigenvalue weighted by Crippen LogP contribution is 2.14. The van der Waals surface area contributed by atoms with E-state index in [1.54, 1.807) is 0 Å². The van der Waals surface area contributed by atoms with Crippen molar-refractivity contribution < 1.29 is 14.0 Å². The van der Waals surface area contributed by atoms with Crippen molar-refractivity contribution in [1.29, 1.82) is 0 Å². The lowest BCUT2D eigenvalue weighted by molar-refractivity contribution is 0.0857. The summed E-state index contributed by atoms with van der Waals surface area (Å²) in [5.74, 6) is -1.09. The van der Waals surface area contributed by atoms with Gasteiger partial charge in [-0.15, -0.1) is 0 Å². The molecule has 9 nitrogen and oxygen atoms in total. The Balaban J connectivity index is 1.64. The fraction of sp³-hybridized carbons (Fsp3) is 0.478. The zero-order valence-electron chi connectivity index (χ0n) is 19.1. The van der Waals surface area contributed by atoms with Gasteiger partial charge in [0, 0.05) is 38.3 Å². The number of Topliss-reactive ketones (excluding diaryl/α,β-unsaturated/α-hetero) is 1. The fourth-order valence-electron chi connectivity index (χ4n) is 3.97. The monoisotopic (exact) mass is 459 g/mol. The van der Waals surface area contributed by atoms with E-state index in [1.807, 2.05) is 18.7 Å². The van der Waals surface area contributed by atoms with Crippen molar-refractivity contribution in [3.63, 3.8) is 0 Å². The number of amides is 1. The molecule has 33 heavy (non-hydrogen) atoms. The second kappa shape index (κ2) is 10.1. The third kappa shape index (κ3) is 5.57. The van der Waals surface area contributed by atoms with Gasteiger partial charge in [-0.2, -0.15) is 0 Å². The number of likely N-dealkylation sites (tertiary alicyclic amines) is 1. The van der Waals surface area contributed by atoms with Crippen molar-refractivity contribution in [3.05, 3.63) is 62.0 Å². The molecule has 1 amide bonds. The summed E-state index contributed by atoms with van der Waals surface area (Å²) in [5.41, 5.74) is 5.08. The minimum absolute atomic E-state index is 0.00203. The molecule has 1 aliphatic rings. The second-order valence-corrected chi connectivity index (χ2v) is 8.87. The number of nitrogen functional groups attached to an aromatic ring is 1. The van der Waals surface area contributed by atoms with Crippen LogP contribution in [0.5, 0.6) is 0 Å². The number of carbonyl (C=O) groups excluding carboxylic acids is 2. The smallest absolute Gasteiger partial charge is 0.332 e. The van der Waals surface area contributed by atoms with Gasteiger partial charge in [0.15, 0.2) is 5.78 Å². The molecule has 10 heteroatoms. The van der Waals surface area contributed by atoms with Gasteiger partial charge in [-0.3, -0.25) is 28.4 Å². The summed E-state index contributed by atoms with van der Waals surface area (Å²) in [4.78, 5) is 52.3. The van der Waals surface area contributed by atoms with Crippen molar-refractivity contribution in [2.24, 2.45) is 13.0 Å². The predicted molar refractivity (Wildman–Crippen MR) is 123 cm³/mol. The standard InChI is InChI=1S/C23H30FN5O4/c1-14(2)12-29-20(25)19(22(32)27(3)23(29)33)18(30)13-28-10-8-17(9-11-28)26-21(31)15-4-6-16(24)7-5-15/h4-7,14,17H,8-13,25H2,1-3H3,(H,26,31). The fourth-order valence-corrected chi connectivity index (χ4v) is 3.97. The van der Waals surface area contributed by atoms with E-state index in [4.69, 9.17) is 5.73 Å². The number of aromatic nitrogens is 2. The van der Waals surface area contributed by atoms with Gasteiger partial charge < -0.3 is 11.1 Å². The third-order valence-electron chi connectivity index (χ3n) is 5.81. The summed E-state index contributed by atoms with van der Waals surface area (Å²) in [7, 11) is 1.34. The van der Waals surface area contributed by atoms with Gasteiger partial charge in [0.2, 0.25) is 0 Å². The van der Waals surface area contributed by atoms with E-state index < -0.39 is 22.8 Å². The SMILES string of the molecule is CC(C)Cn1c(N)c(C(=O)CN2CCC(NC(=O)c3ccc(F)cc3)CC2)c(=O)n(C)c1=O. The van der Waals surface area contributed by atoms with Crippen LogP contribution >= 0.6 is 0 Å². The third-order valence-corrected chi connectivity index (χ3v) is 5.81. The number of nitrogens with one attached hydrogen (secondary N) is 1. The van der Waals surface area contributed by atoms with Crippen LogP contribution in [0.25, 0.3) is 0 Å². The van der Waals surface area contributed by atoms with Crippen LogP contribution in [0.1, 0.15) is 47.4 Å². The number of nitrogens with zero attached hydrogens (tertiary/aromatic N) is 3. The maximum atomic E-state index is 13.0. The molecule has 1 aromatic heterocycles. The first-order valence-corrected chi connectivity index (χ1v) is 11.0. The lowest BCUT2D eigenvalue weighted by Crippen LogP contribution is -2.47. The van der Waals surface area contributed by atoms with Crippen LogP contribution in [0.15, 0.2) is 33.9 Å². The van der Waals surface area contributed by atoms with E-state index in [-0.39, 0.29) is 35.8 Å². The molecule has 178 valence electrons. The number of anilines is 1. The van der Waals surface area contributed by atoms with Gasteiger partial charge in [0.1, 0.15) is 17.2 Å². The molecule has 3 N–H and O–H groups in total. The highest BCUT2D eigenvalue weighted by molar-refractivity contribution is 6.01. The van der Waals surface area contributed by atoms with Gasteiger partial charge in [0.25, 0.3) is 11.5 Å². The molecule has 0 bridgehead atoms. The summed E-state index contributed by atoms with van der Waals surface area (Å²) in [5, 5.41) is 2.93. The molecule has 0 radical (unpaired) electrons. The van der Waals surface area contributed by atoms with Crippen molar-refractivity contribution in [2.75, 3.05) is 25.4 Å². The number of halogens is 1. The maximum Gasteiger partial charge on any atom is 0.332 e. The molecule has 0 aliphatic carbocycles. The molecular formula is C23H30FN5O4. The molecule has 1 fully saturated rings. The largest absolute Gasteiger partial charge is 0.384 e. The van der Waals surface area contributed by atoms with E-state index in [1.165, 1.54) is 35.9 Å². The topological polar surface area (TPSA) is 119 Å². The zero-order chi connectivity index (χ0) is 24.3. The van der Waals surface area contributed by atoms with Gasteiger partial charge in [-0.25, -0.2) is 9.18 Å². The summed E-state index contributed by atoms with van der Waals surface area (Å²) in [6, 6.07) is 5.27.